The minimum absolute atomic E-state index is 0.0904. The van der Waals surface area contributed by atoms with Gasteiger partial charge in [0.25, 0.3) is 11.8 Å². The van der Waals surface area contributed by atoms with E-state index in [0.717, 1.165) is 12.0 Å². The summed E-state index contributed by atoms with van der Waals surface area (Å²) in [5, 5.41) is 8.56. The second-order valence-corrected chi connectivity index (χ2v) is 5.25. The van der Waals surface area contributed by atoms with Crippen molar-refractivity contribution >= 4 is 17.6 Å². The van der Waals surface area contributed by atoms with Crippen molar-refractivity contribution in [1.29, 1.82) is 0 Å². The average molecular weight is 326 g/mol. The Labute approximate surface area is 141 Å². The van der Waals surface area contributed by atoms with Crippen LogP contribution in [0.15, 0.2) is 42.6 Å². The Balaban J connectivity index is 1.88. The van der Waals surface area contributed by atoms with Crippen molar-refractivity contribution < 1.29 is 9.59 Å². The average Bonchev–Trinajstić information content (AvgIpc) is 2.62. The highest BCUT2D eigenvalue weighted by molar-refractivity contribution is 5.94. The summed E-state index contributed by atoms with van der Waals surface area (Å²) in [6, 6.07) is 11.1. The summed E-state index contributed by atoms with van der Waals surface area (Å²) in [5.41, 5.74) is 2.27. The predicted molar refractivity (Wildman–Crippen MR) is 94.3 cm³/mol. The second kappa shape index (κ2) is 8.67. The Morgan fingerprint density at radius 1 is 1.08 bits per heavy atom. The number of amides is 2. The number of nitrogens with one attached hydrogen (secondary N) is 3. The molecule has 1 aromatic carbocycles. The molecule has 0 aliphatic heterocycles. The molecule has 2 rings (SSSR count). The number of carbonyl (C=O) groups excluding carboxylic acids is 2. The van der Waals surface area contributed by atoms with Gasteiger partial charge in [0.15, 0.2) is 0 Å². The van der Waals surface area contributed by atoms with E-state index in [9.17, 15) is 9.59 Å². The maximum absolute atomic E-state index is 11.7. The van der Waals surface area contributed by atoms with Crippen LogP contribution in [0.5, 0.6) is 0 Å². The molecular formula is C18H22N4O2. The Morgan fingerprint density at radius 3 is 2.58 bits per heavy atom. The van der Waals surface area contributed by atoms with E-state index in [1.807, 2.05) is 25.1 Å². The van der Waals surface area contributed by atoms with Crippen molar-refractivity contribution in [3.8, 4) is 0 Å². The molecule has 0 unspecified atom stereocenters. The van der Waals surface area contributed by atoms with E-state index in [1.54, 1.807) is 31.4 Å². The molecule has 0 saturated heterocycles. The van der Waals surface area contributed by atoms with Crippen LogP contribution in [0.3, 0.4) is 0 Å². The number of benzene rings is 1. The van der Waals surface area contributed by atoms with Gasteiger partial charge in [-0.3, -0.25) is 9.59 Å². The first-order chi connectivity index (χ1) is 11.6. The zero-order valence-electron chi connectivity index (χ0n) is 13.9. The summed E-state index contributed by atoms with van der Waals surface area (Å²) in [7, 11) is 1.62. The first-order valence-corrected chi connectivity index (χ1v) is 7.93. The Morgan fingerprint density at radius 2 is 1.92 bits per heavy atom. The number of pyridine rings is 1. The summed E-state index contributed by atoms with van der Waals surface area (Å²) < 4.78 is 0. The van der Waals surface area contributed by atoms with E-state index in [2.05, 4.69) is 20.9 Å². The van der Waals surface area contributed by atoms with Gasteiger partial charge < -0.3 is 16.0 Å². The minimum atomic E-state index is -0.123. The summed E-state index contributed by atoms with van der Waals surface area (Å²) >= 11 is 0. The third-order valence-corrected chi connectivity index (χ3v) is 3.50. The lowest BCUT2D eigenvalue weighted by Gasteiger charge is -2.08. The van der Waals surface area contributed by atoms with Crippen LogP contribution >= 0.6 is 0 Å². The van der Waals surface area contributed by atoms with Gasteiger partial charge in [-0.15, -0.1) is 0 Å². The Kier molecular flexibility index (Phi) is 6.31. The van der Waals surface area contributed by atoms with Gasteiger partial charge in [0, 0.05) is 31.9 Å². The first kappa shape index (κ1) is 17.5. The molecule has 6 nitrogen and oxygen atoms in total. The lowest BCUT2D eigenvalue weighted by Crippen LogP contribution is -2.22. The third-order valence-electron chi connectivity index (χ3n) is 3.50. The molecule has 0 saturated carbocycles. The molecule has 0 bridgehead atoms. The van der Waals surface area contributed by atoms with Crippen LogP contribution < -0.4 is 16.0 Å². The summed E-state index contributed by atoms with van der Waals surface area (Å²) in [5.74, 6) is 0.500. The SMILES string of the molecule is CCNC(=O)c1ccc(NCCc2cccc(C(=O)NC)c2)nc1. The number of anilines is 1. The molecule has 3 N–H and O–H groups in total. The van der Waals surface area contributed by atoms with Crippen molar-refractivity contribution in [2.75, 3.05) is 25.5 Å². The van der Waals surface area contributed by atoms with Crippen molar-refractivity contribution in [3.63, 3.8) is 0 Å². The molecule has 0 radical (unpaired) electrons. The van der Waals surface area contributed by atoms with Crippen molar-refractivity contribution in [1.82, 2.24) is 15.6 Å². The summed E-state index contributed by atoms with van der Waals surface area (Å²) in [4.78, 5) is 27.5. The molecule has 0 spiro atoms. The predicted octanol–water partition coefficient (Wildman–Crippen LogP) is 1.85. The van der Waals surface area contributed by atoms with E-state index < -0.39 is 0 Å². The molecule has 0 atom stereocenters. The molecule has 24 heavy (non-hydrogen) atoms. The first-order valence-electron chi connectivity index (χ1n) is 7.93. The number of hydrogen-bond acceptors (Lipinski definition) is 4. The van der Waals surface area contributed by atoms with Crippen LogP contribution in [0.4, 0.5) is 5.82 Å². The van der Waals surface area contributed by atoms with E-state index in [4.69, 9.17) is 0 Å². The smallest absolute Gasteiger partial charge is 0.252 e. The largest absolute Gasteiger partial charge is 0.370 e. The molecule has 2 amide bonds. The van der Waals surface area contributed by atoms with E-state index in [0.29, 0.717) is 30.0 Å². The number of carbonyl (C=O) groups is 2. The van der Waals surface area contributed by atoms with Gasteiger partial charge in [0.1, 0.15) is 5.82 Å². The monoisotopic (exact) mass is 326 g/mol. The standard InChI is InChI=1S/C18H22N4O2/c1-3-20-18(24)15-7-8-16(22-12-15)21-10-9-13-5-4-6-14(11-13)17(23)19-2/h4-8,11-12H,3,9-10H2,1-2H3,(H,19,23)(H,20,24)(H,21,22). The highest BCUT2D eigenvalue weighted by atomic mass is 16.2. The topological polar surface area (TPSA) is 83.1 Å². The zero-order chi connectivity index (χ0) is 17.4. The molecule has 1 heterocycles. The molecule has 6 heteroatoms. The molecule has 2 aromatic rings. The van der Waals surface area contributed by atoms with Crippen LogP contribution in [0.1, 0.15) is 33.2 Å². The second-order valence-electron chi connectivity index (χ2n) is 5.25. The fourth-order valence-corrected chi connectivity index (χ4v) is 2.24. The van der Waals surface area contributed by atoms with Gasteiger partial charge in [-0.2, -0.15) is 0 Å². The van der Waals surface area contributed by atoms with E-state index in [1.165, 1.54) is 0 Å². The fourth-order valence-electron chi connectivity index (χ4n) is 2.24. The molecule has 0 aliphatic rings. The van der Waals surface area contributed by atoms with E-state index >= 15 is 0 Å². The van der Waals surface area contributed by atoms with Gasteiger partial charge in [0.2, 0.25) is 0 Å². The van der Waals surface area contributed by atoms with Crippen LogP contribution in [0.2, 0.25) is 0 Å². The Bertz CT molecular complexity index is 698. The maximum atomic E-state index is 11.7. The maximum Gasteiger partial charge on any atom is 0.252 e. The van der Waals surface area contributed by atoms with Crippen LogP contribution in [0.25, 0.3) is 0 Å². The van der Waals surface area contributed by atoms with Crippen LogP contribution in [0, 0.1) is 0 Å². The molecule has 126 valence electrons. The molecule has 0 aliphatic carbocycles. The van der Waals surface area contributed by atoms with Crippen molar-refractivity contribution in [2.45, 2.75) is 13.3 Å². The molecule has 1 aromatic heterocycles. The number of hydrogen-bond donors (Lipinski definition) is 3. The summed E-state index contributed by atoms with van der Waals surface area (Å²) in [6.45, 7) is 3.15. The van der Waals surface area contributed by atoms with Gasteiger partial charge in [-0.1, -0.05) is 12.1 Å². The normalized spacial score (nSPS) is 10.1. The van der Waals surface area contributed by atoms with Crippen molar-refractivity contribution in [3.05, 3.63) is 59.3 Å². The number of rotatable bonds is 7. The number of nitrogens with zero attached hydrogens (tertiary/aromatic N) is 1. The van der Waals surface area contributed by atoms with Gasteiger partial charge in [-0.25, -0.2) is 4.98 Å². The van der Waals surface area contributed by atoms with Gasteiger partial charge in [-0.05, 0) is 43.2 Å². The van der Waals surface area contributed by atoms with Crippen molar-refractivity contribution in [2.24, 2.45) is 0 Å². The summed E-state index contributed by atoms with van der Waals surface area (Å²) in [6.07, 6.45) is 2.32. The molecule has 0 fully saturated rings. The van der Waals surface area contributed by atoms with Gasteiger partial charge in [0.05, 0.1) is 5.56 Å². The lowest BCUT2D eigenvalue weighted by atomic mass is 10.1. The number of aromatic nitrogens is 1. The quantitative estimate of drug-likeness (QED) is 0.725. The third kappa shape index (κ3) is 4.81. The minimum Gasteiger partial charge on any atom is -0.370 e. The highest BCUT2D eigenvalue weighted by Crippen LogP contribution is 2.08. The van der Waals surface area contributed by atoms with Gasteiger partial charge >= 0.3 is 0 Å². The molecular weight excluding hydrogens is 304 g/mol. The lowest BCUT2D eigenvalue weighted by molar-refractivity contribution is 0.0950. The fraction of sp³-hybridized carbons (Fsp3) is 0.278. The highest BCUT2D eigenvalue weighted by Gasteiger charge is 2.05. The Hall–Kier alpha value is -2.89. The van der Waals surface area contributed by atoms with E-state index in [-0.39, 0.29) is 11.8 Å². The van der Waals surface area contributed by atoms with Crippen LogP contribution in [-0.2, 0) is 6.42 Å². The zero-order valence-corrected chi connectivity index (χ0v) is 13.9. The van der Waals surface area contributed by atoms with Crippen LogP contribution in [-0.4, -0.2) is 36.9 Å².